The first-order valence-electron chi connectivity index (χ1n) is 7.76. The van der Waals surface area contributed by atoms with E-state index >= 15 is 0 Å². The summed E-state index contributed by atoms with van der Waals surface area (Å²) in [6, 6.07) is 6.02. The molecule has 2 heterocycles. The second-order valence-electron chi connectivity index (χ2n) is 5.54. The van der Waals surface area contributed by atoms with Gasteiger partial charge in [0.25, 0.3) is 5.69 Å². The normalized spacial score (nSPS) is 17.0. The van der Waals surface area contributed by atoms with Gasteiger partial charge in [-0.3, -0.25) is 19.9 Å². The van der Waals surface area contributed by atoms with Gasteiger partial charge in [-0.05, 0) is 23.8 Å². The van der Waals surface area contributed by atoms with Gasteiger partial charge in [0.05, 0.1) is 17.7 Å². The summed E-state index contributed by atoms with van der Waals surface area (Å²) in [5.74, 6) is 0.326. The lowest BCUT2D eigenvalue weighted by molar-refractivity contribution is -0.384. The summed E-state index contributed by atoms with van der Waals surface area (Å²) in [6.45, 7) is 1.09. The molecule has 0 bridgehead atoms. The number of carbonyl (C=O) groups is 1. The number of nitro benzene ring substituents is 1. The van der Waals surface area contributed by atoms with Crippen molar-refractivity contribution in [3.63, 3.8) is 0 Å². The Hall–Kier alpha value is -3.29. The molecular weight excluding hydrogens is 324 g/mol. The zero-order chi connectivity index (χ0) is 17.6. The van der Waals surface area contributed by atoms with E-state index in [4.69, 9.17) is 4.74 Å². The number of nitro groups is 1. The number of nitrogens with zero attached hydrogens (tertiary/aromatic N) is 4. The molecule has 0 spiro atoms. The van der Waals surface area contributed by atoms with Crippen molar-refractivity contribution in [2.75, 3.05) is 13.1 Å². The maximum atomic E-state index is 12.2. The van der Waals surface area contributed by atoms with E-state index in [1.165, 1.54) is 18.2 Å². The van der Waals surface area contributed by atoms with E-state index in [1.807, 2.05) is 0 Å². The van der Waals surface area contributed by atoms with Crippen LogP contribution >= 0.6 is 0 Å². The van der Waals surface area contributed by atoms with Gasteiger partial charge in [0.1, 0.15) is 6.10 Å². The highest BCUT2D eigenvalue weighted by molar-refractivity contribution is 5.92. The largest absolute Gasteiger partial charge is 0.471 e. The van der Waals surface area contributed by atoms with Gasteiger partial charge >= 0.3 is 0 Å². The van der Waals surface area contributed by atoms with Gasteiger partial charge in [0, 0.05) is 43.6 Å². The number of carbonyl (C=O) groups excluding carboxylic acids is 1. The van der Waals surface area contributed by atoms with E-state index < -0.39 is 4.92 Å². The molecule has 0 N–H and O–H groups in total. The molecule has 1 aliphatic rings. The summed E-state index contributed by atoms with van der Waals surface area (Å²) in [4.78, 5) is 32.1. The zero-order valence-corrected chi connectivity index (χ0v) is 13.3. The molecule has 8 heteroatoms. The van der Waals surface area contributed by atoms with Gasteiger partial charge in [-0.2, -0.15) is 0 Å². The predicted octanol–water partition coefficient (Wildman–Crippen LogP) is 2.08. The molecule has 1 saturated heterocycles. The third-order valence-corrected chi connectivity index (χ3v) is 3.81. The van der Waals surface area contributed by atoms with Crippen molar-refractivity contribution < 1.29 is 14.5 Å². The van der Waals surface area contributed by atoms with Crippen LogP contribution in [-0.2, 0) is 4.79 Å². The second-order valence-corrected chi connectivity index (χ2v) is 5.54. The van der Waals surface area contributed by atoms with E-state index in [9.17, 15) is 14.9 Å². The zero-order valence-electron chi connectivity index (χ0n) is 13.3. The Kier molecular flexibility index (Phi) is 4.98. The summed E-state index contributed by atoms with van der Waals surface area (Å²) >= 11 is 0. The first-order valence-corrected chi connectivity index (χ1v) is 7.76. The first kappa shape index (κ1) is 16.6. The minimum absolute atomic E-state index is 0.0204. The topological polar surface area (TPSA) is 98.5 Å². The number of ether oxygens (including phenoxy) is 1. The molecule has 0 aliphatic carbocycles. The van der Waals surface area contributed by atoms with Gasteiger partial charge in [0.15, 0.2) is 0 Å². The fraction of sp³-hybridized carbons (Fsp3) is 0.235. The Morgan fingerprint density at radius 2 is 2.12 bits per heavy atom. The van der Waals surface area contributed by atoms with Gasteiger partial charge in [0.2, 0.25) is 11.8 Å². The van der Waals surface area contributed by atoms with Crippen LogP contribution in [0.5, 0.6) is 5.88 Å². The second kappa shape index (κ2) is 7.52. The molecule has 1 fully saturated rings. The first-order chi connectivity index (χ1) is 12.1. The van der Waals surface area contributed by atoms with Crippen molar-refractivity contribution in [3.05, 3.63) is 64.6 Å². The summed E-state index contributed by atoms with van der Waals surface area (Å²) in [7, 11) is 0. The molecule has 1 atom stereocenters. The van der Waals surface area contributed by atoms with Crippen LogP contribution < -0.4 is 4.74 Å². The molecule has 25 heavy (non-hydrogen) atoms. The van der Waals surface area contributed by atoms with Crippen molar-refractivity contribution in [2.45, 2.75) is 12.5 Å². The summed E-state index contributed by atoms with van der Waals surface area (Å²) < 4.78 is 5.70. The van der Waals surface area contributed by atoms with E-state index in [1.54, 1.807) is 41.7 Å². The molecule has 1 amide bonds. The molecule has 1 aromatic carbocycles. The quantitative estimate of drug-likeness (QED) is 0.469. The minimum atomic E-state index is -0.458. The molecule has 128 valence electrons. The Morgan fingerprint density at radius 3 is 2.80 bits per heavy atom. The summed E-state index contributed by atoms with van der Waals surface area (Å²) in [5.41, 5.74) is 0.748. The predicted molar refractivity (Wildman–Crippen MR) is 89.8 cm³/mol. The average Bonchev–Trinajstić information content (AvgIpc) is 3.09. The number of amides is 1. The lowest BCUT2D eigenvalue weighted by Gasteiger charge is -2.15. The van der Waals surface area contributed by atoms with Crippen LogP contribution in [-0.4, -0.2) is 44.9 Å². The van der Waals surface area contributed by atoms with E-state index in [2.05, 4.69) is 9.97 Å². The van der Waals surface area contributed by atoms with Crippen molar-refractivity contribution in [3.8, 4) is 5.88 Å². The molecule has 1 aromatic heterocycles. The number of likely N-dealkylation sites (tertiary alicyclic amines) is 1. The molecule has 2 aromatic rings. The number of benzene rings is 1. The van der Waals surface area contributed by atoms with Gasteiger partial charge in [-0.15, -0.1) is 0 Å². The van der Waals surface area contributed by atoms with Gasteiger partial charge in [-0.25, -0.2) is 4.98 Å². The number of aromatic nitrogens is 2. The molecule has 8 nitrogen and oxygen atoms in total. The Morgan fingerprint density at radius 1 is 1.32 bits per heavy atom. The number of hydrogen-bond acceptors (Lipinski definition) is 6. The fourth-order valence-electron chi connectivity index (χ4n) is 2.52. The number of non-ortho nitro benzene ring substituents is 1. The lowest BCUT2D eigenvalue weighted by Crippen LogP contribution is -2.29. The van der Waals surface area contributed by atoms with Gasteiger partial charge in [-0.1, -0.05) is 0 Å². The van der Waals surface area contributed by atoms with Crippen molar-refractivity contribution in [2.24, 2.45) is 0 Å². The lowest BCUT2D eigenvalue weighted by atomic mass is 10.2. The molecule has 3 rings (SSSR count). The molecule has 1 unspecified atom stereocenters. The number of hydrogen-bond donors (Lipinski definition) is 0. The van der Waals surface area contributed by atoms with Crippen molar-refractivity contribution in [1.29, 1.82) is 0 Å². The SMILES string of the molecule is O=C(/C=C/c1ccc([N+](=O)[O-])cc1)N1CCC(Oc2cnccn2)C1. The minimum Gasteiger partial charge on any atom is -0.471 e. The van der Waals surface area contributed by atoms with Crippen molar-refractivity contribution in [1.82, 2.24) is 14.9 Å². The fourth-order valence-corrected chi connectivity index (χ4v) is 2.52. The molecule has 0 saturated carbocycles. The Balaban J connectivity index is 1.54. The average molecular weight is 340 g/mol. The summed E-state index contributed by atoms with van der Waals surface area (Å²) in [6.07, 6.45) is 8.40. The molecule has 0 radical (unpaired) electrons. The third-order valence-electron chi connectivity index (χ3n) is 3.81. The number of rotatable bonds is 5. The van der Waals surface area contributed by atoms with Crippen LogP contribution in [0, 0.1) is 10.1 Å². The maximum Gasteiger partial charge on any atom is 0.269 e. The third kappa shape index (κ3) is 4.37. The highest BCUT2D eigenvalue weighted by Crippen LogP contribution is 2.17. The van der Waals surface area contributed by atoms with Crippen LogP contribution in [0.4, 0.5) is 5.69 Å². The summed E-state index contributed by atoms with van der Waals surface area (Å²) in [5, 5.41) is 10.6. The van der Waals surface area contributed by atoms with Crippen LogP contribution in [0.1, 0.15) is 12.0 Å². The maximum absolute atomic E-state index is 12.2. The monoisotopic (exact) mass is 340 g/mol. The van der Waals surface area contributed by atoms with E-state index in [-0.39, 0.29) is 17.7 Å². The smallest absolute Gasteiger partial charge is 0.269 e. The Bertz CT molecular complexity index is 777. The highest BCUT2D eigenvalue weighted by Gasteiger charge is 2.26. The van der Waals surface area contributed by atoms with Crippen LogP contribution in [0.2, 0.25) is 0 Å². The molecule has 1 aliphatic heterocycles. The standard InChI is InChI=1S/C17H16N4O4/c22-17(6-3-13-1-4-14(5-2-13)21(23)24)20-10-7-15(12-20)25-16-11-18-8-9-19-16/h1-6,8-9,11,15H,7,10,12H2/b6-3+. The molecular formula is C17H16N4O4. The van der Waals surface area contributed by atoms with E-state index in [0.717, 1.165) is 12.0 Å². The van der Waals surface area contributed by atoms with E-state index in [0.29, 0.717) is 19.0 Å². The van der Waals surface area contributed by atoms with Gasteiger partial charge < -0.3 is 9.64 Å². The van der Waals surface area contributed by atoms with Crippen LogP contribution in [0.25, 0.3) is 6.08 Å². The van der Waals surface area contributed by atoms with Crippen LogP contribution in [0.3, 0.4) is 0 Å². The van der Waals surface area contributed by atoms with Crippen LogP contribution in [0.15, 0.2) is 48.9 Å². The van der Waals surface area contributed by atoms with Crippen molar-refractivity contribution >= 4 is 17.7 Å². The highest BCUT2D eigenvalue weighted by atomic mass is 16.6. The Labute approximate surface area is 143 Å².